The molecule has 12 heteroatoms. The van der Waals surface area contributed by atoms with Crippen LogP contribution in [0.25, 0.3) is 32.9 Å². The number of aromatic hydroxyl groups is 1. The first-order valence-corrected chi connectivity index (χ1v) is 16.3. The second-order valence-electron chi connectivity index (χ2n) is 13.5. The van der Waals surface area contributed by atoms with Crippen molar-refractivity contribution in [1.82, 2.24) is 25.2 Å². The molecule has 0 spiro atoms. The van der Waals surface area contributed by atoms with Crippen molar-refractivity contribution in [2.24, 2.45) is 0 Å². The number of anilines is 1. The lowest BCUT2D eigenvalue weighted by Gasteiger charge is -2.40. The lowest BCUT2D eigenvalue weighted by molar-refractivity contribution is 0.107. The average molecular weight is 633 g/mol. The summed E-state index contributed by atoms with van der Waals surface area (Å²) in [4.78, 5) is 18.6. The third-order valence-corrected chi connectivity index (χ3v) is 10.9. The Balaban J connectivity index is 1.24. The topological polar surface area (TPSA) is 95.9 Å². The molecule has 2 aromatic heterocycles. The number of aryl methyl sites for hydroxylation is 1. The third kappa shape index (κ3) is 4.18. The van der Waals surface area contributed by atoms with E-state index < -0.39 is 23.3 Å². The number of nitrogens with one attached hydrogen (secondary N) is 1. The minimum atomic E-state index is -0.913. The maximum atomic E-state index is 17.1. The molecule has 2 N–H and O–H groups in total. The van der Waals surface area contributed by atoms with Gasteiger partial charge in [0.15, 0.2) is 5.82 Å². The van der Waals surface area contributed by atoms with Gasteiger partial charge in [0, 0.05) is 37.2 Å². The Labute approximate surface area is 263 Å². The molecule has 4 fully saturated rings. The van der Waals surface area contributed by atoms with Crippen LogP contribution in [0.5, 0.6) is 17.6 Å². The standard InChI is InChI=1S/C34H35F3N6O3/c1-2-21-23(36)6-4-17-10-20(44)11-22(26(17)21)29-28(37)30-27-31(43-14-19-5-7-24(38-19)25(43)15-45-32(27)39-29)41-33(40-30)46-16-34-8-3-9-42(34)13-18(35)12-34/h4,6,10-11,18-19,24-25,38,44H,2-3,5,7-9,12-16H2,1H3/t18-,19?,24+,25+,34+/m1/s1. The van der Waals surface area contributed by atoms with E-state index >= 15 is 8.78 Å². The van der Waals surface area contributed by atoms with Crippen LogP contribution >= 0.6 is 0 Å². The highest BCUT2D eigenvalue weighted by molar-refractivity contribution is 6.03. The Kier molecular flexibility index (Phi) is 6.34. The van der Waals surface area contributed by atoms with Crippen LogP contribution in [0.2, 0.25) is 0 Å². The summed E-state index contributed by atoms with van der Waals surface area (Å²) in [7, 11) is 0. The largest absolute Gasteiger partial charge is 0.508 e. The highest BCUT2D eigenvalue weighted by Gasteiger charge is 2.50. The lowest BCUT2D eigenvalue weighted by atomic mass is 9.94. The number of fused-ring (bicyclic) bond motifs is 7. The molecule has 9 nitrogen and oxygen atoms in total. The first-order chi connectivity index (χ1) is 22.3. The van der Waals surface area contributed by atoms with Crippen LogP contribution in [-0.4, -0.2) is 87.6 Å². The smallest absolute Gasteiger partial charge is 0.319 e. The fraction of sp³-hybridized carbons (Fsp3) is 0.500. The maximum Gasteiger partial charge on any atom is 0.319 e. The fourth-order valence-electron chi connectivity index (χ4n) is 8.84. The van der Waals surface area contributed by atoms with E-state index in [1.807, 2.05) is 6.92 Å². The van der Waals surface area contributed by atoms with Crippen LogP contribution in [0.15, 0.2) is 24.3 Å². The average Bonchev–Trinajstić information content (AvgIpc) is 3.68. The van der Waals surface area contributed by atoms with E-state index in [1.54, 1.807) is 6.07 Å². The molecular weight excluding hydrogens is 597 g/mol. The van der Waals surface area contributed by atoms with E-state index in [1.165, 1.54) is 18.2 Å². The number of hydrogen-bond donors (Lipinski definition) is 2. The van der Waals surface area contributed by atoms with Gasteiger partial charge < -0.3 is 24.8 Å². The molecule has 0 radical (unpaired) electrons. The van der Waals surface area contributed by atoms with Crippen LogP contribution in [0.3, 0.4) is 0 Å². The van der Waals surface area contributed by atoms with Crippen molar-refractivity contribution in [2.45, 2.75) is 75.3 Å². The van der Waals surface area contributed by atoms with Crippen molar-refractivity contribution >= 4 is 27.5 Å². The minimum absolute atomic E-state index is 0.0145. The van der Waals surface area contributed by atoms with Crippen LogP contribution in [0.1, 0.15) is 44.6 Å². The highest BCUT2D eigenvalue weighted by Crippen LogP contribution is 2.45. The lowest BCUT2D eigenvalue weighted by Crippen LogP contribution is -2.60. The molecule has 5 atom stereocenters. The summed E-state index contributed by atoms with van der Waals surface area (Å²) in [6.07, 6.45) is 3.62. The van der Waals surface area contributed by atoms with Crippen molar-refractivity contribution in [3.63, 3.8) is 0 Å². The molecule has 2 bridgehead atoms. The van der Waals surface area contributed by atoms with Crippen LogP contribution in [0, 0.1) is 11.6 Å². The van der Waals surface area contributed by atoms with Crippen molar-refractivity contribution in [2.75, 3.05) is 37.7 Å². The predicted octanol–water partition coefficient (Wildman–Crippen LogP) is 5.05. The van der Waals surface area contributed by atoms with Crippen LogP contribution < -0.4 is 19.7 Å². The molecule has 2 aromatic carbocycles. The molecule has 5 aliphatic heterocycles. The van der Waals surface area contributed by atoms with Gasteiger partial charge in [0.2, 0.25) is 5.88 Å². The van der Waals surface area contributed by atoms with E-state index in [4.69, 9.17) is 19.4 Å². The van der Waals surface area contributed by atoms with Gasteiger partial charge in [-0.1, -0.05) is 13.0 Å². The normalized spacial score (nSPS) is 28.4. The zero-order valence-electron chi connectivity index (χ0n) is 25.5. The number of pyridine rings is 1. The van der Waals surface area contributed by atoms with Gasteiger partial charge in [0.05, 0.1) is 11.6 Å². The SMILES string of the molecule is CCc1c(F)ccc2cc(O)cc(-c3nc4c5c(nc(OC[C@@]67CCCN6C[C@H](F)C7)nc5c3F)N3CC5CC[C@H](N5)[C@@H]3CO4)c12. The highest BCUT2D eigenvalue weighted by atomic mass is 19.1. The number of phenols is 1. The zero-order chi connectivity index (χ0) is 31.3. The van der Waals surface area contributed by atoms with E-state index in [0.29, 0.717) is 60.1 Å². The van der Waals surface area contributed by atoms with Crippen LogP contribution in [0.4, 0.5) is 19.0 Å². The molecule has 4 saturated heterocycles. The Hall–Kier alpha value is -3.90. The molecular formula is C34H35F3N6O3. The fourth-order valence-corrected chi connectivity index (χ4v) is 8.84. The third-order valence-electron chi connectivity index (χ3n) is 10.9. The molecule has 4 aromatic rings. The minimum Gasteiger partial charge on any atom is -0.508 e. The number of hydrogen-bond acceptors (Lipinski definition) is 9. The molecule has 46 heavy (non-hydrogen) atoms. The van der Waals surface area contributed by atoms with Gasteiger partial charge in [-0.15, -0.1) is 0 Å². The van der Waals surface area contributed by atoms with Gasteiger partial charge in [-0.2, -0.15) is 9.97 Å². The van der Waals surface area contributed by atoms with Crippen molar-refractivity contribution in [3.05, 3.63) is 41.5 Å². The quantitative estimate of drug-likeness (QED) is 0.314. The Morgan fingerprint density at radius 3 is 2.89 bits per heavy atom. The van der Waals surface area contributed by atoms with Gasteiger partial charge in [-0.25, -0.2) is 18.2 Å². The van der Waals surface area contributed by atoms with E-state index in [-0.39, 0.29) is 59.1 Å². The summed E-state index contributed by atoms with van der Waals surface area (Å²) < 4.78 is 59.3. The summed E-state index contributed by atoms with van der Waals surface area (Å²) in [5.74, 6) is -0.568. The maximum absolute atomic E-state index is 17.1. The Bertz CT molecular complexity index is 1910. The van der Waals surface area contributed by atoms with E-state index in [0.717, 1.165) is 32.2 Å². The summed E-state index contributed by atoms with van der Waals surface area (Å²) >= 11 is 0. The van der Waals surface area contributed by atoms with E-state index in [2.05, 4.69) is 20.1 Å². The number of ether oxygens (including phenoxy) is 2. The molecule has 0 aliphatic carbocycles. The monoisotopic (exact) mass is 632 g/mol. The van der Waals surface area contributed by atoms with Crippen molar-refractivity contribution in [3.8, 4) is 28.9 Å². The van der Waals surface area contributed by atoms with Crippen LogP contribution in [-0.2, 0) is 6.42 Å². The molecule has 0 amide bonds. The van der Waals surface area contributed by atoms with Gasteiger partial charge in [0.25, 0.3) is 0 Å². The first kappa shape index (κ1) is 28.3. The summed E-state index contributed by atoms with van der Waals surface area (Å²) in [6, 6.07) is 6.25. The summed E-state index contributed by atoms with van der Waals surface area (Å²) in [5.41, 5.74) is 0.0926. The number of nitrogens with zero attached hydrogens (tertiary/aromatic N) is 5. The number of halogens is 3. The first-order valence-electron chi connectivity index (χ1n) is 16.3. The number of rotatable bonds is 5. The Morgan fingerprint density at radius 2 is 2.02 bits per heavy atom. The van der Waals surface area contributed by atoms with Gasteiger partial charge in [-0.3, -0.25) is 4.90 Å². The summed E-state index contributed by atoms with van der Waals surface area (Å²) in [5, 5.41) is 15.8. The molecule has 9 rings (SSSR count). The Morgan fingerprint density at radius 1 is 1.13 bits per heavy atom. The van der Waals surface area contributed by atoms with Gasteiger partial charge >= 0.3 is 6.01 Å². The number of benzene rings is 2. The van der Waals surface area contributed by atoms with E-state index in [9.17, 15) is 9.50 Å². The van der Waals surface area contributed by atoms with Gasteiger partial charge in [-0.05, 0) is 73.2 Å². The second kappa shape index (κ2) is 10.3. The zero-order valence-corrected chi connectivity index (χ0v) is 25.5. The number of piperazine rings is 1. The molecule has 0 saturated carbocycles. The number of aromatic nitrogens is 3. The van der Waals surface area contributed by atoms with Gasteiger partial charge in [0.1, 0.15) is 53.4 Å². The summed E-state index contributed by atoms with van der Waals surface area (Å²) in [6.45, 7) is 4.21. The van der Waals surface area contributed by atoms with Crippen molar-refractivity contribution in [1.29, 1.82) is 0 Å². The molecule has 1 unspecified atom stereocenters. The second-order valence-corrected chi connectivity index (χ2v) is 13.5. The predicted molar refractivity (Wildman–Crippen MR) is 166 cm³/mol. The number of phenolic OH excluding ortho intramolecular Hbond substituents is 1. The van der Waals surface area contributed by atoms with Crippen molar-refractivity contribution < 1.29 is 27.8 Å². The molecule has 5 aliphatic rings. The number of alkyl halides is 1. The molecule has 240 valence electrons. The molecule has 7 heterocycles.